The number of carbonyl (C=O) groups excluding carboxylic acids is 2. The summed E-state index contributed by atoms with van der Waals surface area (Å²) in [5, 5.41) is 31.5. The van der Waals surface area contributed by atoms with Crippen LogP contribution >= 0.6 is 0 Å². The van der Waals surface area contributed by atoms with Gasteiger partial charge < -0.3 is 9.47 Å². The van der Waals surface area contributed by atoms with E-state index in [4.69, 9.17) is 9.47 Å². The number of esters is 2. The Morgan fingerprint density at radius 3 is 1.27 bits per heavy atom. The molecule has 0 spiro atoms. The van der Waals surface area contributed by atoms with E-state index in [0.29, 0.717) is 29.7 Å². The highest BCUT2D eigenvalue weighted by Gasteiger charge is 2.10. The van der Waals surface area contributed by atoms with Gasteiger partial charge in [0.25, 0.3) is 0 Å². The summed E-state index contributed by atoms with van der Waals surface area (Å²) >= 11 is 0. The number of nitrogens with zero attached hydrogens (tertiary/aromatic N) is 8. The van der Waals surface area contributed by atoms with Gasteiger partial charge in [-0.05, 0) is 31.4 Å². The van der Waals surface area contributed by atoms with Crippen LogP contribution in [0.3, 0.4) is 0 Å². The Labute approximate surface area is 212 Å². The zero-order valence-electron chi connectivity index (χ0n) is 20.4. The average Bonchev–Trinajstić information content (AvgIpc) is 2.92. The first-order chi connectivity index (χ1) is 18.0. The van der Waals surface area contributed by atoms with Gasteiger partial charge >= 0.3 is 11.9 Å². The van der Waals surface area contributed by atoms with Crippen molar-refractivity contribution >= 4 is 11.9 Å². The quantitative estimate of drug-likeness (QED) is 0.294. The molecule has 0 amide bonds. The first-order valence-electron chi connectivity index (χ1n) is 11.5. The van der Waals surface area contributed by atoms with Crippen molar-refractivity contribution in [2.45, 2.75) is 46.3 Å². The highest BCUT2D eigenvalue weighted by Crippen LogP contribution is 2.16. The second-order valence-corrected chi connectivity index (χ2v) is 8.11. The molecular weight excluding hydrogens is 476 g/mol. The molecule has 2 aromatic carbocycles. The molecule has 0 fully saturated rings. The van der Waals surface area contributed by atoms with Crippen LogP contribution < -0.4 is 0 Å². The van der Waals surface area contributed by atoms with E-state index in [1.807, 2.05) is 48.5 Å². The van der Waals surface area contributed by atoms with E-state index in [1.54, 1.807) is 13.8 Å². The summed E-state index contributed by atoms with van der Waals surface area (Å²) in [5.74, 6) is 1.07. The lowest BCUT2D eigenvalue weighted by molar-refractivity contribution is -0.146. The Morgan fingerprint density at radius 1 is 0.568 bits per heavy atom. The predicted octanol–water partition coefficient (Wildman–Crippen LogP) is 2.75. The summed E-state index contributed by atoms with van der Waals surface area (Å²) < 4.78 is 10.6. The van der Waals surface area contributed by atoms with Gasteiger partial charge in [0.2, 0.25) is 11.6 Å². The molecule has 2 aromatic heterocycles. The number of rotatable bonds is 10. The van der Waals surface area contributed by atoms with Gasteiger partial charge in [0.1, 0.15) is 13.2 Å². The first kappa shape index (κ1) is 25.4. The van der Waals surface area contributed by atoms with Crippen molar-refractivity contribution in [3.05, 3.63) is 71.3 Å². The summed E-state index contributed by atoms with van der Waals surface area (Å²) in [5.41, 5.74) is 3.16. The molecule has 0 atom stereocenters. The zero-order chi connectivity index (χ0) is 26.0. The van der Waals surface area contributed by atoms with Gasteiger partial charge in [0, 0.05) is 24.0 Å². The molecule has 0 saturated carbocycles. The second-order valence-electron chi connectivity index (χ2n) is 8.11. The lowest BCUT2D eigenvalue weighted by Gasteiger charge is -2.07. The van der Waals surface area contributed by atoms with Gasteiger partial charge in [-0.3, -0.25) is 9.59 Å². The predicted molar refractivity (Wildman–Crippen MR) is 129 cm³/mol. The van der Waals surface area contributed by atoms with Crippen LogP contribution in [0, 0.1) is 13.8 Å². The molecule has 0 radical (unpaired) electrons. The fourth-order valence-electron chi connectivity index (χ4n) is 3.14. The van der Waals surface area contributed by atoms with Crippen molar-refractivity contribution in [3.8, 4) is 22.8 Å². The van der Waals surface area contributed by atoms with Crippen LogP contribution in [0.1, 0.15) is 42.0 Å². The fourth-order valence-corrected chi connectivity index (χ4v) is 3.14. The van der Waals surface area contributed by atoms with Crippen LogP contribution in [0.4, 0.5) is 0 Å². The molecule has 12 heteroatoms. The molecule has 0 bridgehead atoms. The van der Waals surface area contributed by atoms with Gasteiger partial charge in [-0.2, -0.15) is 0 Å². The molecule has 37 heavy (non-hydrogen) atoms. The fraction of sp³-hybridized carbons (Fsp3) is 0.280. The van der Waals surface area contributed by atoms with Crippen LogP contribution in [-0.4, -0.2) is 52.7 Å². The van der Waals surface area contributed by atoms with Gasteiger partial charge in [0.15, 0.2) is 11.6 Å². The number of aryl methyl sites for hydroxylation is 2. The molecular formula is C25H24N8O4. The van der Waals surface area contributed by atoms with E-state index in [0.717, 1.165) is 22.3 Å². The number of ether oxygens (including phenoxy) is 2. The third kappa shape index (κ3) is 7.62. The van der Waals surface area contributed by atoms with E-state index in [-0.39, 0.29) is 38.0 Å². The third-order valence-corrected chi connectivity index (χ3v) is 5.14. The van der Waals surface area contributed by atoms with Crippen LogP contribution in [0.5, 0.6) is 0 Å². The van der Waals surface area contributed by atoms with Crippen molar-refractivity contribution in [3.63, 3.8) is 0 Å². The van der Waals surface area contributed by atoms with Crippen molar-refractivity contribution in [2.24, 2.45) is 0 Å². The minimum Gasteiger partial charge on any atom is -0.461 e. The molecule has 4 aromatic rings. The average molecular weight is 501 g/mol. The SMILES string of the molecule is Cc1nnc(-c2ccc(COC(=O)CCCC(=O)OCc3ccc(-c4nnc(C)nn4)cc3)cc2)nn1. The number of hydrogen-bond acceptors (Lipinski definition) is 12. The van der Waals surface area contributed by atoms with Gasteiger partial charge in [-0.25, -0.2) is 0 Å². The molecule has 0 aliphatic heterocycles. The van der Waals surface area contributed by atoms with E-state index < -0.39 is 0 Å². The Bertz CT molecular complexity index is 1220. The molecule has 0 saturated heterocycles. The second kappa shape index (κ2) is 12.3. The maximum Gasteiger partial charge on any atom is 0.306 e. The van der Waals surface area contributed by atoms with Crippen LogP contribution in [-0.2, 0) is 32.3 Å². The maximum absolute atomic E-state index is 12.0. The Morgan fingerprint density at radius 2 is 0.919 bits per heavy atom. The van der Waals surface area contributed by atoms with Crippen LogP contribution in [0.15, 0.2) is 48.5 Å². The molecule has 0 aliphatic rings. The molecule has 2 heterocycles. The van der Waals surface area contributed by atoms with Crippen molar-refractivity contribution < 1.29 is 19.1 Å². The summed E-state index contributed by atoms with van der Waals surface area (Å²) in [4.78, 5) is 24.1. The Kier molecular flexibility index (Phi) is 8.42. The number of carbonyl (C=O) groups is 2. The van der Waals surface area contributed by atoms with Crippen LogP contribution in [0.2, 0.25) is 0 Å². The Balaban J connectivity index is 1.13. The zero-order valence-corrected chi connectivity index (χ0v) is 20.4. The lowest BCUT2D eigenvalue weighted by Crippen LogP contribution is -2.08. The van der Waals surface area contributed by atoms with E-state index in [2.05, 4.69) is 40.8 Å². The van der Waals surface area contributed by atoms with Gasteiger partial charge in [0.05, 0.1) is 0 Å². The molecule has 188 valence electrons. The van der Waals surface area contributed by atoms with Crippen molar-refractivity contribution in [2.75, 3.05) is 0 Å². The highest BCUT2D eigenvalue weighted by molar-refractivity contribution is 5.72. The maximum atomic E-state index is 12.0. The number of hydrogen-bond donors (Lipinski definition) is 0. The largest absolute Gasteiger partial charge is 0.461 e. The van der Waals surface area contributed by atoms with E-state index >= 15 is 0 Å². The summed E-state index contributed by atoms with van der Waals surface area (Å²) in [6.07, 6.45) is 0.579. The molecule has 4 rings (SSSR count). The first-order valence-corrected chi connectivity index (χ1v) is 11.5. The minimum atomic E-state index is -0.384. The smallest absolute Gasteiger partial charge is 0.306 e. The highest BCUT2D eigenvalue weighted by atomic mass is 16.5. The van der Waals surface area contributed by atoms with Gasteiger partial charge in [-0.15, -0.1) is 40.8 Å². The van der Waals surface area contributed by atoms with Gasteiger partial charge in [-0.1, -0.05) is 48.5 Å². The third-order valence-electron chi connectivity index (χ3n) is 5.14. The molecule has 0 N–H and O–H groups in total. The Hall–Kier alpha value is -4.74. The number of aromatic nitrogens is 8. The van der Waals surface area contributed by atoms with Crippen molar-refractivity contribution in [1.82, 2.24) is 40.8 Å². The van der Waals surface area contributed by atoms with E-state index in [9.17, 15) is 9.59 Å². The van der Waals surface area contributed by atoms with Crippen LogP contribution in [0.25, 0.3) is 22.8 Å². The summed E-state index contributed by atoms with van der Waals surface area (Å²) in [6.45, 7) is 3.68. The standard InChI is InChI=1S/C25H24N8O4/c1-16-26-30-24(31-27-16)20-10-6-18(7-11-20)14-36-22(34)4-3-5-23(35)37-15-19-8-12-21(13-9-19)25-32-28-17(2)29-33-25/h6-13H,3-5,14-15H2,1-2H3. The lowest BCUT2D eigenvalue weighted by atomic mass is 10.1. The van der Waals surface area contributed by atoms with Crippen molar-refractivity contribution in [1.29, 1.82) is 0 Å². The monoisotopic (exact) mass is 500 g/mol. The molecule has 12 nitrogen and oxygen atoms in total. The summed E-state index contributed by atoms with van der Waals surface area (Å²) in [7, 11) is 0. The molecule has 0 aliphatic carbocycles. The topological polar surface area (TPSA) is 156 Å². The normalized spacial score (nSPS) is 10.6. The molecule has 0 unspecified atom stereocenters. The minimum absolute atomic E-state index is 0.120. The number of benzene rings is 2. The van der Waals surface area contributed by atoms with E-state index in [1.165, 1.54) is 0 Å². The summed E-state index contributed by atoms with van der Waals surface area (Å²) in [6, 6.07) is 14.5.